The summed E-state index contributed by atoms with van der Waals surface area (Å²) in [6.07, 6.45) is 1.52. The summed E-state index contributed by atoms with van der Waals surface area (Å²) in [5, 5.41) is 13.5. The van der Waals surface area contributed by atoms with Crippen molar-refractivity contribution in [2.24, 2.45) is 0 Å². The standard InChI is InChI=1S/C16H11BrFN3O2.C6H12N2O3S/c17-15-11-2-1-7-19-12(11)14(22)13(21-15)16(23)20-8-9-3-5-10(18)6-4-9;1-6(9)8-3-2-7-12(10,11)5-4-8/h1-7,22H,8H2,(H,20,23);7H,2-5H2,1H3. The molecule has 0 bridgehead atoms. The van der Waals surface area contributed by atoms with Crippen LogP contribution >= 0.6 is 15.9 Å². The van der Waals surface area contributed by atoms with Gasteiger partial charge < -0.3 is 15.3 Å². The van der Waals surface area contributed by atoms with Gasteiger partial charge in [0.2, 0.25) is 15.9 Å². The number of aromatic nitrogens is 2. The van der Waals surface area contributed by atoms with E-state index in [1.807, 2.05) is 0 Å². The van der Waals surface area contributed by atoms with Crippen LogP contribution in [0.5, 0.6) is 5.75 Å². The Morgan fingerprint density at radius 2 is 1.94 bits per heavy atom. The first-order valence-electron chi connectivity index (χ1n) is 10.5. The molecule has 1 aliphatic heterocycles. The molecular weight excluding hydrogens is 545 g/mol. The zero-order valence-corrected chi connectivity index (χ0v) is 21.1. The number of nitrogens with one attached hydrogen (secondary N) is 2. The fraction of sp³-hybridized carbons (Fsp3) is 0.273. The van der Waals surface area contributed by atoms with Crippen LogP contribution < -0.4 is 10.0 Å². The minimum absolute atomic E-state index is 0.00653. The Balaban J connectivity index is 0.000000241. The first-order valence-corrected chi connectivity index (χ1v) is 12.9. The van der Waals surface area contributed by atoms with Crippen molar-refractivity contribution in [3.05, 3.63) is 64.3 Å². The summed E-state index contributed by atoms with van der Waals surface area (Å²) < 4.78 is 37.6. The van der Waals surface area contributed by atoms with Gasteiger partial charge in [0.05, 0.1) is 5.75 Å². The summed E-state index contributed by atoms with van der Waals surface area (Å²) in [6, 6.07) is 9.21. The highest BCUT2D eigenvalue weighted by Crippen LogP contribution is 2.30. The van der Waals surface area contributed by atoms with Crippen molar-refractivity contribution >= 4 is 48.7 Å². The molecule has 2 aromatic heterocycles. The minimum Gasteiger partial charge on any atom is -0.504 e. The summed E-state index contributed by atoms with van der Waals surface area (Å²) in [7, 11) is -3.13. The van der Waals surface area contributed by atoms with E-state index >= 15 is 0 Å². The van der Waals surface area contributed by atoms with Gasteiger partial charge in [-0.15, -0.1) is 0 Å². The summed E-state index contributed by atoms with van der Waals surface area (Å²) in [4.78, 5) is 32.8. The molecule has 4 rings (SSSR count). The van der Waals surface area contributed by atoms with Gasteiger partial charge in [0.25, 0.3) is 5.91 Å². The minimum atomic E-state index is -3.13. The van der Waals surface area contributed by atoms with Crippen LogP contribution in [0.3, 0.4) is 0 Å². The van der Waals surface area contributed by atoms with E-state index < -0.39 is 15.9 Å². The number of benzene rings is 1. The highest BCUT2D eigenvalue weighted by atomic mass is 79.9. The van der Waals surface area contributed by atoms with Gasteiger partial charge in [0.15, 0.2) is 11.4 Å². The topological polar surface area (TPSA) is 142 Å². The largest absolute Gasteiger partial charge is 0.504 e. The molecule has 1 fully saturated rings. The molecular formula is C22H23BrFN5O5S. The van der Waals surface area contributed by atoms with Crippen LogP contribution in [0.2, 0.25) is 0 Å². The molecule has 0 aliphatic carbocycles. The predicted molar refractivity (Wildman–Crippen MR) is 131 cm³/mol. The Bertz CT molecular complexity index is 1340. The van der Waals surface area contributed by atoms with Gasteiger partial charge in [-0.25, -0.2) is 22.5 Å². The number of fused-ring (bicyclic) bond motifs is 1. The summed E-state index contributed by atoms with van der Waals surface area (Å²) in [6.45, 7) is 2.72. The molecule has 3 aromatic rings. The predicted octanol–water partition coefficient (Wildman–Crippen LogP) is 1.93. The molecule has 10 nitrogen and oxygen atoms in total. The molecule has 2 amide bonds. The third kappa shape index (κ3) is 7.16. The van der Waals surface area contributed by atoms with E-state index in [1.165, 1.54) is 30.2 Å². The highest BCUT2D eigenvalue weighted by molar-refractivity contribution is 9.10. The fourth-order valence-corrected chi connectivity index (χ4v) is 4.68. The maximum Gasteiger partial charge on any atom is 0.274 e. The van der Waals surface area contributed by atoms with Gasteiger partial charge in [0, 0.05) is 44.7 Å². The Labute approximate surface area is 209 Å². The van der Waals surface area contributed by atoms with E-state index in [9.17, 15) is 27.5 Å². The van der Waals surface area contributed by atoms with Gasteiger partial charge in [-0.05, 0) is 45.8 Å². The van der Waals surface area contributed by atoms with Crippen molar-refractivity contribution in [2.45, 2.75) is 13.5 Å². The van der Waals surface area contributed by atoms with E-state index in [0.717, 1.165) is 5.56 Å². The maximum absolute atomic E-state index is 12.9. The van der Waals surface area contributed by atoms with E-state index in [0.29, 0.717) is 35.1 Å². The SMILES string of the molecule is CC(=O)N1CCNS(=O)(=O)CC1.O=C(NCc1ccc(F)cc1)c1nc(Br)c2cccnc2c1O. The molecule has 1 aromatic carbocycles. The second kappa shape index (κ2) is 11.5. The number of hydrogen-bond donors (Lipinski definition) is 3. The smallest absolute Gasteiger partial charge is 0.274 e. The van der Waals surface area contributed by atoms with Gasteiger partial charge in [-0.2, -0.15) is 0 Å². The molecule has 1 saturated heterocycles. The van der Waals surface area contributed by atoms with Crippen molar-refractivity contribution in [3.8, 4) is 5.75 Å². The lowest BCUT2D eigenvalue weighted by Gasteiger charge is -2.15. The second-order valence-corrected chi connectivity index (χ2v) is 10.2. The quantitative estimate of drug-likeness (QED) is 0.410. The van der Waals surface area contributed by atoms with Gasteiger partial charge in [0.1, 0.15) is 15.9 Å². The summed E-state index contributed by atoms with van der Waals surface area (Å²) >= 11 is 3.27. The summed E-state index contributed by atoms with van der Waals surface area (Å²) in [5.74, 6) is -1.23. The van der Waals surface area contributed by atoms with Gasteiger partial charge >= 0.3 is 0 Å². The maximum atomic E-state index is 12.9. The van der Waals surface area contributed by atoms with E-state index in [2.05, 4.69) is 35.9 Å². The van der Waals surface area contributed by atoms with Crippen molar-refractivity contribution in [1.29, 1.82) is 0 Å². The van der Waals surface area contributed by atoms with Crippen LogP contribution in [0.25, 0.3) is 10.9 Å². The van der Waals surface area contributed by atoms with Crippen LogP contribution in [0, 0.1) is 5.82 Å². The normalized spacial score (nSPS) is 15.0. The monoisotopic (exact) mass is 567 g/mol. The number of nitrogens with zero attached hydrogens (tertiary/aromatic N) is 3. The Hall–Kier alpha value is -3.16. The number of halogens is 2. The van der Waals surface area contributed by atoms with Crippen LogP contribution in [0.15, 0.2) is 47.2 Å². The second-order valence-electron chi connectivity index (χ2n) is 7.53. The number of pyridine rings is 2. The molecule has 3 heterocycles. The molecule has 0 unspecified atom stereocenters. The first kappa shape index (κ1) is 26.4. The van der Waals surface area contributed by atoms with Crippen molar-refractivity contribution < 1.29 is 27.5 Å². The highest BCUT2D eigenvalue weighted by Gasteiger charge is 2.20. The number of amides is 2. The van der Waals surface area contributed by atoms with Crippen molar-refractivity contribution in [2.75, 3.05) is 25.4 Å². The molecule has 0 atom stereocenters. The molecule has 186 valence electrons. The zero-order chi connectivity index (χ0) is 25.6. The van der Waals surface area contributed by atoms with E-state index in [1.54, 1.807) is 24.3 Å². The average Bonchev–Trinajstić information content (AvgIpc) is 3.02. The van der Waals surface area contributed by atoms with Crippen LogP contribution in [-0.2, 0) is 21.4 Å². The third-order valence-electron chi connectivity index (χ3n) is 5.05. The number of rotatable bonds is 3. The van der Waals surface area contributed by atoms with E-state index in [4.69, 9.17) is 0 Å². The summed E-state index contributed by atoms with van der Waals surface area (Å²) in [5.41, 5.74) is 0.906. The average molecular weight is 568 g/mol. The molecule has 0 spiro atoms. The molecule has 1 aliphatic rings. The van der Waals surface area contributed by atoms with Crippen LogP contribution in [0.4, 0.5) is 4.39 Å². The Kier molecular flexibility index (Phi) is 8.70. The van der Waals surface area contributed by atoms with Crippen molar-refractivity contribution in [1.82, 2.24) is 24.9 Å². The number of sulfonamides is 1. The first-order chi connectivity index (χ1) is 16.6. The van der Waals surface area contributed by atoms with Crippen molar-refractivity contribution in [3.63, 3.8) is 0 Å². The van der Waals surface area contributed by atoms with Crippen LogP contribution in [0.1, 0.15) is 23.0 Å². The zero-order valence-electron chi connectivity index (χ0n) is 18.7. The lowest BCUT2D eigenvalue weighted by atomic mass is 10.2. The lowest BCUT2D eigenvalue weighted by molar-refractivity contribution is -0.128. The van der Waals surface area contributed by atoms with E-state index in [-0.39, 0.29) is 35.5 Å². The fourth-order valence-electron chi connectivity index (χ4n) is 3.18. The van der Waals surface area contributed by atoms with Gasteiger partial charge in [-0.1, -0.05) is 12.1 Å². The number of carbonyl (C=O) groups excluding carboxylic acids is 2. The molecule has 0 saturated carbocycles. The lowest BCUT2D eigenvalue weighted by Crippen LogP contribution is -2.32. The van der Waals surface area contributed by atoms with Crippen LogP contribution in [-0.4, -0.2) is 65.6 Å². The number of carbonyl (C=O) groups is 2. The molecule has 3 N–H and O–H groups in total. The molecule has 0 radical (unpaired) electrons. The Morgan fingerprint density at radius 3 is 2.63 bits per heavy atom. The number of hydrogen-bond acceptors (Lipinski definition) is 7. The molecule has 13 heteroatoms. The molecule has 35 heavy (non-hydrogen) atoms. The number of aromatic hydroxyl groups is 1. The Morgan fingerprint density at radius 1 is 1.23 bits per heavy atom. The van der Waals surface area contributed by atoms with Gasteiger partial charge in [-0.3, -0.25) is 14.6 Å². The third-order valence-corrected chi connectivity index (χ3v) is 7.02.